The summed E-state index contributed by atoms with van der Waals surface area (Å²) in [6, 6.07) is 8.07. The van der Waals surface area contributed by atoms with E-state index in [1.165, 1.54) is 0 Å². The molecule has 3 aromatic rings. The molecule has 6 heteroatoms. The first-order chi connectivity index (χ1) is 16.2. The van der Waals surface area contributed by atoms with Gasteiger partial charge < -0.3 is 23.7 Å². The van der Waals surface area contributed by atoms with Gasteiger partial charge in [-0.1, -0.05) is 26.3 Å². The number of fused-ring (bicyclic) bond motifs is 1. The molecule has 33 heavy (non-hydrogen) atoms. The Hall–Kier alpha value is -3.15. The molecular formula is C27H35NO5. The van der Waals surface area contributed by atoms with Gasteiger partial charge in [0.05, 0.1) is 34.0 Å². The van der Waals surface area contributed by atoms with E-state index in [0.29, 0.717) is 43.5 Å². The third kappa shape index (κ3) is 5.81. The smallest absolute Gasteiger partial charge is 0.203 e. The summed E-state index contributed by atoms with van der Waals surface area (Å²) in [7, 11) is 3.29. The third-order valence-corrected chi connectivity index (χ3v) is 5.35. The number of rotatable bonds is 13. The summed E-state index contributed by atoms with van der Waals surface area (Å²) in [6.07, 6.45) is 7.38. The molecule has 0 aliphatic heterocycles. The Morgan fingerprint density at radius 2 is 1.45 bits per heavy atom. The van der Waals surface area contributed by atoms with Crippen LogP contribution in [-0.4, -0.2) is 39.0 Å². The highest BCUT2D eigenvalue weighted by molar-refractivity contribution is 5.92. The zero-order valence-corrected chi connectivity index (χ0v) is 20.4. The second-order valence-corrected chi connectivity index (χ2v) is 7.78. The van der Waals surface area contributed by atoms with Gasteiger partial charge in [0.15, 0.2) is 23.0 Å². The molecule has 6 nitrogen and oxygen atoms in total. The van der Waals surface area contributed by atoms with Crippen molar-refractivity contribution in [2.75, 3.05) is 34.0 Å². The largest absolute Gasteiger partial charge is 0.493 e. The number of pyridine rings is 1. The van der Waals surface area contributed by atoms with Crippen molar-refractivity contribution < 1.29 is 23.7 Å². The summed E-state index contributed by atoms with van der Waals surface area (Å²) >= 11 is 0. The van der Waals surface area contributed by atoms with Gasteiger partial charge in [-0.15, -0.1) is 0 Å². The molecule has 0 atom stereocenters. The SMILES string of the molecule is CCCCOc1c(OCC)ccc2c(Cc3cc(OC)c(OCCC)c(OC)c3)cncc12. The van der Waals surface area contributed by atoms with Crippen LogP contribution < -0.4 is 23.7 Å². The maximum atomic E-state index is 6.15. The molecule has 2 aromatic carbocycles. The van der Waals surface area contributed by atoms with Gasteiger partial charge in [0.25, 0.3) is 0 Å². The number of hydrogen-bond donors (Lipinski definition) is 0. The lowest BCUT2D eigenvalue weighted by atomic mass is 9.99. The quantitative estimate of drug-likeness (QED) is 0.287. The van der Waals surface area contributed by atoms with Gasteiger partial charge in [-0.25, -0.2) is 0 Å². The van der Waals surface area contributed by atoms with Gasteiger partial charge in [-0.05, 0) is 60.9 Å². The molecule has 3 rings (SSSR count). The summed E-state index contributed by atoms with van der Waals surface area (Å²) in [5.74, 6) is 3.47. The Kier molecular flexibility index (Phi) is 9.04. The molecule has 1 heterocycles. The van der Waals surface area contributed by atoms with Crippen LogP contribution in [0.5, 0.6) is 28.7 Å². The van der Waals surface area contributed by atoms with E-state index in [0.717, 1.165) is 52.7 Å². The van der Waals surface area contributed by atoms with Crippen LogP contribution in [-0.2, 0) is 6.42 Å². The van der Waals surface area contributed by atoms with Gasteiger partial charge >= 0.3 is 0 Å². The minimum atomic E-state index is 0.578. The molecule has 1 aromatic heterocycles. The van der Waals surface area contributed by atoms with Crippen LogP contribution in [0.4, 0.5) is 0 Å². The van der Waals surface area contributed by atoms with E-state index in [9.17, 15) is 0 Å². The van der Waals surface area contributed by atoms with Gasteiger partial charge in [-0.2, -0.15) is 0 Å². The number of nitrogens with zero attached hydrogens (tertiary/aromatic N) is 1. The summed E-state index contributed by atoms with van der Waals surface area (Å²) in [5, 5.41) is 2.04. The van der Waals surface area contributed by atoms with Crippen molar-refractivity contribution in [2.24, 2.45) is 0 Å². The molecule has 0 saturated heterocycles. The Morgan fingerprint density at radius 3 is 2.09 bits per heavy atom. The molecule has 0 aliphatic carbocycles. The Morgan fingerprint density at radius 1 is 0.727 bits per heavy atom. The summed E-state index contributed by atoms with van der Waals surface area (Å²) in [5.41, 5.74) is 2.13. The van der Waals surface area contributed by atoms with Crippen molar-refractivity contribution in [3.63, 3.8) is 0 Å². The number of ether oxygens (including phenoxy) is 5. The molecule has 0 N–H and O–H groups in total. The topological polar surface area (TPSA) is 59.0 Å². The fourth-order valence-corrected chi connectivity index (χ4v) is 3.74. The molecule has 0 saturated carbocycles. The van der Waals surface area contributed by atoms with E-state index in [1.54, 1.807) is 14.2 Å². The van der Waals surface area contributed by atoms with Gasteiger partial charge in [-0.3, -0.25) is 4.98 Å². The van der Waals surface area contributed by atoms with E-state index in [-0.39, 0.29) is 0 Å². The van der Waals surface area contributed by atoms with Crippen LogP contribution in [0.25, 0.3) is 10.8 Å². The van der Waals surface area contributed by atoms with Crippen molar-refractivity contribution in [2.45, 2.75) is 46.5 Å². The molecule has 0 radical (unpaired) electrons. The van der Waals surface area contributed by atoms with Crippen molar-refractivity contribution in [1.82, 2.24) is 4.98 Å². The molecular weight excluding hydrogens is 418 g/mol. The molecule has 0 spiro atoms. The predicted octanol–water partition coefficient (Wildman–Crippen LogP) is 6.21. The minimum Gasteiger partial charge on any atom is -0.493 e. The standard InChI is InChI=1S/C27H35NO5/c1-6-9-13-33-26-22-18-28-17-20(21(22)10-11-23(26)31-8-3)14-19-15-24(29-4)27(32-12-7-2)25(16-19)30-5/h10-11,15-18H,6-9,12-14H2,1-5H3. The normalized spacial score (nSPS) is 10.8. The molecule has 0 bridgehead atoms. The second kappa shape index (κ2) is 12.2. The van der Waals surface area contributed by atoms with Crippen LogP contribution in [0.15, 0.2) is 36.7 Å². The molecule has 0 amide bonds. The maximum Gasteiger partial charge on any atom is 0.203 e. The van der Waals surface area contributed by atoms with Gasteiger partial charge in [0, 0.05) is 17.8 Å². The number of aromatic nitrogens is 1. The third-order valence-electron chi connectivity index (χ3n) is 5.35. The molecule has 0 unspecified atom stereocenters. The van der Waals surface area contributed by atoms with Crippen molar-refractivity contribution >= 4 is 10.8 Å². The fraction of sp³-hybridized carbons (Fsp3) is 0.444. The number of methoxy groups -OCH3 is 2. The highest BCUT2D eigenvalue weighted by Crippen LogP contribution is 2.41. The van der Waals surface area contributed by atoms with Crippen LogP contribution in [0.3, 0.4) is 0 Å². The van der Waals surface area contributed by atoms with Crippen molar-refractivity contribution in [1.29, 1.82) is 0 Å². The van der Waals surface area contributed by atoms with E-state index < -0.39 is 0 Å². The van der Waals surface area contributed by atoms with Crippen LogP contribution in [0.2, 0.25) is 0 Å². The van der Waals surface area contributed by atoms with Crippen molar-refractivity contribution in [3.05, 3.63) is 47.8 Å². The summed E-state index contributed by atoms with van der Waals surface area (Å²) in [6.45, 7) is 8.02. The molecule has 0 fully saturated rings. The van der Waals surface area contributed by atoms with Gasteiger partial charge in [0.2, 0.25) is 5.75 Å². The first-order valence-corrected chi connectivity index (χ1v) is 11.7. The van der Waals surface area contributed by atoms with E-state index in [4.69, 9.17) is 23.7 Å². The zero-order chi connectivity index (χ0) is 23.6. The second-order valence-electron chi connectivity index (χ2n) is 7.78. The minimum absolute atomic E-state index is 0.578. The summed E-state index contributed by atoms with van der Waals surface area (Å²) in [4.78, 5) is 4.52. The number of benzene rings is 2. The average molecular weight is 454 g/mol. The lowest BCUT2D eigenvalue weighted by molar-refractivity contribution is 0.274. The Labute approximate surface area is 196 Å². The Balaban J connectivity index is 2.01. The van der Waals surface area contributed by atoms with Crippen LogP contribution in [0, 0.1) is 0 Å². The number of unbranched alkanes of at least 4 members (excludes halogenated alkanes) is 1. The Bertz CT molecular complexity index is 1030. The van der Waals surface area contributed by atoms with Crippen LogP contribution in [0.1, 0.15) is 51.2 Å². The highest BCUT2D eigenvalue weighted by Gasteiger charge is 2.17. The van der Waals surface area contributed by atoms with Gasteiger partial charge in [0.1, 0.15) is 0 Å². The average Bonchev–Trinajstić information content (AvgIpc) is 2.84. The maximum absolute atomic E-state index is 6.15. The first kappa shape index (κ1) is 24.5. The first-order valence-electron chi connectivity index (χ1n) is 11.7. The number of hydrogen-bond acceptors (Lipinski definition) is 6. The lowest BCUT2D eigenvalue weighted by Gasteiger charge is -2.17. The summed E-state index contributed by atoms with van der Waals surface area (Å²) < 4.78 is 29.1. The van der Waals surface area contributed by atoms with E-state index in [1.807, 2.05) is 37.5 Å². The molecule has 0 aliphatic rings. The predicted molar refractivity (Wildman–Crippen MR) is 131 cm³/mol. The molecule has 178 valence electrons. The van der Waals surface area contributed by atoms with E-state index in [2.05, 4.69) is 24.9 Å². The zero-order valence-electron chi connectivity index (χ0n) is 20.4. The van der Waals surface area contributed by atoms with Crippen molar-refractivity contribution in [3.8, 4) is 28.7 Å². The van der Waals surface area contributed by atoms with Crippen LogP contribution >= 0.6 is 0 Å². The van der Waals surface area contributed by atoms with E-state index >= 15 is 0 Å². The monoisotopic (exact) mass is 453 g/mol. The lowest BCUT2D eigenvalue weighted by Crippen LogP contribution is -2.03. The fourth-order valence-electron chi connectivity index (χ4n) is 3.74. The highest BCUT2D eigenvalue weighted by atomic mass is 16.5.